The maximum atomic E-state index is 5.46. The van der Waals surface area contributed by atoms with Gasteiger partial charge in [0.2, 0.25) is 0 Å². The number of nitrogens with two attached hydrogens (primary N) is 1. The molecule has 13 heavy (non-hydrogen) atoms. The normalized spacial score (nSPS) is 10.9. The highest BCUT2D eigenvalue weighted by Crippen LogP contribution is 2.13. The van der Waals surface area contributed by atoms with Gasteiger partial charge in [0.05, 0.1) is 11.9 Å². The second kappa shape index (κ2) is 4.10. The van der Waals surface area contributed by atoms with Gasteiger partial charge in [0.1, 0.15) is 17.8 Å². The van der Waals surface area contributed by atoms with Gasteiger partial charge in [0, 0.05) is 6.07 Å². The smallest absolute Gasteiger partial charge is 0.127 e. The lowest BCUT2D eigenvalue weighted by atomic mass is 10.3. The molecule has 0 aliphatic heterocycles. The minimum atomic E-state index is 0.378. The lowest BCUT2D eigenvalue weighted by molar-refractivity contribution is 1.14. The van der Waals surface area contributed by atoms with Gasteiger partial charge in [-0.05, 0) is 13.4 Å². The zero-order chi connectivity index (χ0) is 9.68. The molecular weight excluding hydrogens is 166 g/mol. The summed E-state index contributed by atoms with van der Waals surface area (Å²) in [4.78, 5) is 15.0. The molecule has 0 saturated heterocycles. The Kier molecular flexibility index (Phi) is 2.86. The van der Waals surface area contributed by atoms with Gasteiger partial charge in [-0.15, -0.1) is 0 Å². The Bertz CT molecular complexity index is 355. The highest BCUT2D eigenvalue weighted by Gasteiger charge is 2.00. The van der Waals surface area contributed by atoms with E-state index in [-0.39, 0.29) is 0 Å². The number of nitrogens with zero attached hydrogens (tertiary/aromatic N) is 4. The van der Waals surface area contributed by atoms with E-state index < -0.39 is 0 Å². The first-order valence-electron chi connectivity index (χ1n) is 3.48. The van der Waals surface area contributed by atoms with Gasteiger partial charge in [0.25, 0.3) is 0 Å². The third-order valence-corrected chi connectivity index (χ3v) is 1.33. The van der Waals surface area contributed by atoms with Crippen molar-refractivity contribution in [1.29, 1.82) is 0 Å². The molecule has 0 fully saturated rings. The Morgan fingerprint density at radius 2 is 2.23 bits per heavy atom. The summed E-state index contributed by atoms with van der Waals surface area (Å²) >= 11 is 0. The summed E-state index contributed by atoms with van der Waals surface area (Å²) < 4.78 is 0. The molecular formula is C8H9N5. The van der Waals surface area contributed by atoms with Gasteiger partial charge in [-0.25, -0.2) is 9.97 Å². The molecule has 0 bridgehead atoms. The van der Waals surface area contributed by atoms with Crippen molar-refractivity contribution in [3.63, 3.8) is 0 Å². The van der Waals surface area contributed by atoms with Gasteiger partial charge in [-0.1, -0.05) is 0 Å². The summed E-state index contributed by atoms with van der Waals surface area (Å²) in [5.74, 6) is 0.378. The molecule has 1 aromatic heterocycles. The Morgan fingerprint density at radius 3 is 2.77 bits per heavy atom. The second-order valence-corrected chi connectivity index (χ2v) is 2.18. The first-order valence-corrected chi connectivity index (χ1v) is 3.48. The number of rotatable bonds is 3. The van der Waals surface area contributed by atoms with E-state index in [1.54, 1.807) is 6.07 Å². The van der Waals surface area contributed by atoms with Crippen molar-refractivity contribution in [2.45, 2.75) is 0 Å². The van der Waals surface area contributed by atoms with Crippen molar-refractivity contribution in [2.24, 2.45) is 9.98 Å². The average Bonchev–Trinajstić information content (AvgIpc) is 2.14. The Labute approximate surface area is 75.8 Å². The van der Waals surface area contributed by atoms with E-state index in [0.717, 1.165) is 0 Å². The van der Waals surface area contributed by atoms with Crippen molar-refractivity contribution >= 4 is 24.9 Å². The molecule has 1 aromatic rings. The van der Waals surface area contributed by atoms with Gasteiger partial charge in [0.15, 0.2) is 0 Å². The van der Waals surface area contributed by atoms with Gasteiger partial charge < -0.3 is 5.73 Å². The Balaban J connectivity index is 3.12. The number of aromatic nitrogens is 2. The third kappa shape index (κ3) is 2.19. The zero-order valence-corrected chi connectivity index (χ0v) is 7.01. The number of nitrogen functional groups attached to an aromatic ring is 1. The van der Waals surface area contributed by atoms with Crippen molar-refractivity contribution in [3.8, 4) is 0 Å². The molecule has 0 aliphatic rings. The first kappa shape index (κ1) is 9.05. The molecule has 1 heterocycles. The van der Waals surface area contributed by atoms with Crippen LogP contribution >= 0.6 is 0 Å². The highest BCUT2D eigenvalue weighted by atomic mass is 14.9. The first-order chi connectivity index (χ1) is 6.27. The van der Waals surface area contributed by atoms with Crippen LogP contribution in [-0.2, 0) is 0 Å². The van der Waals surface area contributed by atoms with E-state index in [0.29, 0.717) is 17.2 Å². The SMILES string of the molecule is C=N/C=C(\N=C)c1cc(N)ncn1. The summed E-state index contributed by atoms with van der Waals surface area (Å²) in [6.45, 7) is 6.69. The van der Waals surface area contributed by atoms with Crippen LogP contribution in [0.4, 0.5) is 5.82 Å². The fourth-order valence-corrected chi connectivity index (χ4v) is 0.787. The van der Waals surface area contributed by atoms with Crippen molar-refractivity contribution in [1.82, 2.24) is 9.97 Å². The van der Waals surface area contributed by atoms with E-state index in [4.69, 9.17) is 5.73 Å². The molecule has 0 amide bonds. The standard InChI is InChI=1S/C8H9N5/c1-10-4-7(11-2)6-3-8(9)13-5-12-6/h3-5H,1-2H2,(H2,9,12,13)/b7-4-. The molecule has 0 saturated carbocycles. The third-order valence-electron chi connectivity index (χ3n) is 1.33. The Hall–Kier alpha value is -2.04. The predicted octanol–water partition coefficient (Wildman–Crippen LogP) is 0.758. The van der Waals surface area contributed by atoms with Crippen LogP contribution in [0, 0.1) is 0 Å². The lowest BCUT2D eigenvalue weighted by Crippen LogP contribution is -1.94. The monoisotopic (exact) mass is 175 g/mol. The number of aliphatic imine (C=N–C) groups is 2. The molecule has 0 atom stereocenters. The fourth-order valence-electron chi connectivity index (χ4n) is 0.787. The lowest BCUT2D eigenvalue weighted by Gasteiger charge is -1.98. The molecule has 0 aliphatic carbocycles. The Morgan fingerprint density at radius 1 is 1.46 bits per heavy atom. The summed E-state index contributed by atoms with van der Waals surface area (Å²) in [6.07, 6.45) is 2.81. The summed E-state index contributed by atoms with van der Waals surface area (Å²) in [5.41, 5.74) is 6.56. The summed E-state index contributed by atoms with van der Waals surface area (Å²) in [6, 6.07) is 1.59. The molecule has 1 rings (SSSR count). The molecule has 5 heteroatoms. The van der Waals surface area contributed by atoms with Crippen LogP contribution in [0.15, 0.2) is 28.6 Å². The van der Waals surface area contributed by atoms with Crippen molar-refractivity contribution in [2.75, 3.05) is 5.73 Å². The van der Waals surface area contributed by atoms with E-state index in [9.17, 15) is 0 Å². The van der Waals surface area contributed by atoms with Gasteiger partial charge in [-0.3, -0.25) is 9.98 Å². The number of anilines is 1. The number of hydrogen-bond acceptors (Lipinski definition) is 5. The molecule has 0 radical (unpaired) electrons. The molecule has 5 nitrogen and oxygen atoms in total. The van der Waals surface area contributed by atoms with Crippen LogP contribution in [-0.4, -0.2) is 23.4 Å². The van der Waals surface area contributed by atoms with E-state index in [2.05, 4.69) is 33.4 Å². The maximum absolute atomic E-state index is 5.46. The van der Waals surface area contributed by atoms with Crippen LogP contribution in [0.5, 0.6) is 0 Å². The fraction of sp³-hybridized carbons (Fsp3) is 0. The summed E-state index contributed by atoms with van der Waals surface area (Å²) in [5, 5.41) is 0. The van der Waals surface area contributed by atoms with Gasteiger partial charge in [-0.2, -0.15) is 0 Å². The minimum absolute atomic E-state index is 0.378. The molecule has 0 unspecified atom stereocenters. The largest absolute Gasteiger partial charge is 0.384 e. The molecule has 0 aromatic carbocycles. The zero-order valence-electron chi connectivity index (χ0n) is 7.01. The van der Waals surface area contributed by atoms with E-state index in [1.165, 1.54) is 12.5 Å². The number of hydrogen-bond donors (Lipinski definition) is 1. The quantitative estimate of drug-likeness (QED) is 0.689. The van der Waals surface area contributed by atoms with Crippen LogP contribution in [0.2, 0.25) is 0 Å². The molecule has 2 N–H and O–H groups in total. The van der Waals surface area contributed by atoms with Crippen molar-refractivity contribution in [3.05, 3.63) is 24.3 Å². The molecule has 66 valence electrons. The van der Waals surface area contributed by atoms with Crippen molar-refractivity contribution < 1.29 is 0 Å². The minimum Gasteiger partial charge on any atom is -0.384 e. The predicted molar refractivity (Wildman–Crippen MR) is 53.5 cm³/mol. The van der Waals surface area contributed by atoms with Crippen LogP contribution in [0.25, 0.3) is 5.70 Å². The topological polar surface area (TPSA) is 76.5 Å². The average molecular weight is 175 g/mol. The van der Waals surface area contributed by atoms with Crippen LogP contribution in [0.1, 0.15) is 5.69 Å². The van der Waals surface area contributed by atoms with Crippen LogP contribution in [0.3, 0.4) is 0 Å². The maximum Gasteiger partial charge on any atom is 0.127 e. The highest BCUT2D eigenvalue weighted by molar-refractivity contribution is 5.66. The van der Waals surface area contributed by atoms with Crippen LogP contribution < -0.4 is 5.73 Å². The molecule has 0 spiro atoms. The van der Waals surface area contributed by atoms with E-state index in [1.807, 2.05) is 0 Å². The van der Waals surface area contributed by atoms with E-state index >= 15 is 0 Å². The summed E-state index contributed by atoms with van der Waals surface area (Å²) in [7, 11) is 0. The second-order valence-electron chi connectivity index (χ2n) is 2.18. The van der Waals surface area contributed by atoms with Gasteiger partial charge >= 0.3 is 0 Å².